The van der Waals surface area contributed by atoms with Crippen molar-refractivity contribution in [2.24, 2.45) is 5.92 Å². The number of non-ortho nitro benzene ring substituents is 1. The second-order valence-electron chi connectivity index (χ2n) is 8.95. The van der Waals surface area contributed by atoms with Crippen LogP contribution in [0.3, 0.4) is 0 Å². The van der Waals surface area contributed by atoms with Gasteiger partial charge in [0.1, 0.15) is 24.1 Å². The van der Waals surface area contributed by atoms with Gasteiger partial charge in [-0.25, -0.2) is 17.5 Å². The molecule has 2 aromatic heterocycles. The van der Waals surface area contributed by atoms with E-state index in [-0.39, 0.29) is 40.0 Å². The molecule has 0 bridgehead atoms. The quantitative estimate of drug-likeness (QED) is 0.149. The Labute approximate surface area is 226 Å². The lowest BCUT2D eigenvalue weighted by atomic mass is 10.1. The first-order chi connectivity index (χ1) is 18.9. The van der Waals surface area contributed by atoms with E-state index in [0.717, 1.165) is 24.3 Å². The molecule has 17 heteroatoms. The zero-order chi connectivity index (χ0) is 29.0. The molecule has 2 heterocycles. The fourth-order valence-electron chi connectivity index (χ4n) is 3.67. The van der Waals surface area contributed by atoms with Gasteiger partial charge in [-0.2, -0.15) is 4.72 Å². The van der Waals surface area contributed by atoms with E-state index in [9.17, 15) is 32.9 Å². The second-order valence-corrected chi connectivity index (χ2v) is 10.7. The third-order valence-corrected chi connectivity index (χ3v) is 7.19. The van der Waals surface area contributed by atoms with Gasteiger partial charge >= 0.3 is 0 Å². The number of nitrogens with one attached hydrogen (secondary N) is 2. The van der Waals surface area contributed by atoms with Crippen LogP contribution in [0, 0.1) is 27.1 Å². The molecule has 40 heavy (non-hydrogen) atoms. The van der Waals surface area contributed by atoms with Crippen molar-refractivity contribution >= 4 is 21.6 Å². The number of nitrogens with zero attached hydrogens (tertiary/aromatic N) is 6. The highest BCUT2D eigenvalue weighted by molar-refractivity contribution is 7.89. The fraction of sp³-hybridized carbons (Fsp3) is 0.261. The van der Waals surface area contributed by atoms with Crippen LogP contribution in [0.2, 0.25) is 0 Å². The summed E-state index contributed by atoms with van der Waals surface area (Å²) in [5, 5.41) is 37.3. The predicted octanol–water partition coefficient (Wildman–Crippen LogP) is 1.28. The van der Waals surface area contributed by atoms with E-state index in [1.54, 1.807) is 13.8 Å². The van der Waals surface area contributed by atoms with E-state index in [1.165, 1.54) is 35.1 Å². The summed E-state index contributed by atoms with van der Waals surface area (Å²) >= 11 is 0. The number of carbonyl (C=O) groups excluding carboxylic acids is 1. The van der Waals surface area contributed by atoms with E-state index >= 15 is 0 Å². The van der Waals surface area contributed by atoms with Gasteiger partial charge in [-0.1, -0.05) is 19.1 Å². The highest BCUT2D eigenvalue weighted by atomic mass is 32.2. The maximum Gasteiger partial charge on any atom is 0.269 e. The van der Waals surface area contributed by atoms with Crippen molar-refractivity contribution in [2.45, 2.75) is 37.9 Å². The van der Waals surface area contributed by atoms with E-state index in [2.05, 4.69) is 25.5 Å². The highest BCUT2D eigenvalue weighted by Crippen LogP contribution is 2.23. The Kier molecular flexibility index (Phi) is 8.15. The Morgan fingerprint density at radius 2 is 1.85 bits per heavy atom. The summed E-state index contributed by atoms with van der Waals surface area (Å²) < 4.78 is 46.9. The highest BCUT2D eigenvalue weighted by Gasteiger charge is 2.29. The Morgan fingerprint density at radius 3 is 2.48 bits per heavy atom. The summed E-state index contributed by atoms with van der Waals surface area (Å²) in [7, 11) is -4.10. The molecule has 4 rings (SSSR count). The van der Waals surface area contributed by atoms with Crippen LogP contribution in [0.1, 0.15) is 25.2 Å². The summed E-state index contributed by atoms with van der Waals surface area (Å²) in [6.07, 6.45) is 1.48. The van der Waals surface area contributed by atoms with Crippen LogP contribution in [0.25, 0.3) is 11.3 Å². The molecular formula is C23H23FN8O7S. The van der Waals surface area contributed by atoms with Crippen LogP contribution in [0.15, 0.2) is 64.3 Å². The lowest BCUT2D eigenvalue weighted by molar-refractivity contribution is -0.793. The Morgan fingerprint density at radius 1 is 1.18 bits per heavy atom. The van der Waals surface area contributed by atoms with E-state index in [0.29, 0.717) is 11.3 Å². The van der Waals surface area contributed by atoms with Gasteiger partial charge in [0.2, 0.25) is 27.3 Å². The molecule has 0 saturated carbocycles. The summed E-state index contributed by atoms with van der Waals surface area (Å²) in [6, 6.07) is 8.35. The standard InChI is InChI=1S/C23H23FN8O7S/c1-14(2)21(28-40(37,38)19-9-5-16(24)6-10-19)23(33)25-11-17-12-30(29-26-17)13-20-22(32(36)39-27-20)15-3-7-18(8-4-15)31(34)35/h3-10,12,14,21,28H,11,13H2,1-2H3,(H,25,33)/t21-/m0/s1. The zero-order valence-electron chi connectivity index (χ0n) is 21.1. The van der Waals surface area contributed by atoms with E-state index < -0.39 is 38.6 Å². The molecule has 0 unspecified atom stereocenters. The van der Waals surface area contributed by atoms with Gasteiger partial charge in [-0.15, -0.1) is 5.10 Å². The molecule has 15 nitrogen and oxygen atoms in total. The number of benzene rings is 2. The van der Waals surface area contributed by atoms with Crippen molar-refractivity contribution in [1.82, 2.24) is 30.2 Å². The third-order valence-electron chi connectivity index (χ3n) is 5.73. The molecule has 0 spiro atoms. The maximum absolute atomic E-state index is 13.2. The van der Waals surface area contributed by atoms with Crippen LogP contribution in [-0.2, 0) is 27.9 Å². The Hall–Kier alpha value is -4.77. The first-order valence-corrected chi connectivity index (χ1v) is 13.2. The van der Waals surface area contributed by atoms with E-state index in [4.69, 9.17) is 4.63 Å². The predicted molar refractivity (Wildman–Crippen MR) is 134 cm³/mol. The van der Waals surface area contributed by atoms with Crippen molar-refractivity contribution in [3.05, 3.63) is 87.3 Å². The van der Waals surface area contributed by atoms with Gasteiger partial charge in [-0.3, -0.25) is 19.5 Å². The molecule has 0 fully saturated rings. The van der Waals surface area contributed by atoms with Gasteiger partial charge in [0.05, 0.1) is 22.6 Å². The van der Waals surface area contributed by atoms with Gasteiger partial charge in [0.25, 0.3) is 5.69 Å². The normalized spacial score (nSPS) is 12.4. The molecule has 0 saturated heterocycles. The minimum Gasteiger partial charge on any atom is -0.359 e. The van der Waals surface area contributed by atoms with Crippen molar-refractivity contribution in [3.8, 4) is 11.3 Å². The summed E-state index contributed by atoms with van der Waals surface area (Å²) in [5.74, 6) is -1.63. The SMILES string of the molecule is CC(C)[C@H](NS(=O)(=O)c1ccc(F)cc1)C(=O)NCc1cn(Cc2no[n+]([O-])c2-c2ccc([N+](=O)[O-])cc2)nn1. The third kappa shape index (κ3) is 6.44. The molecule has 2 aromatic carbocycles. The number of amides is 1. The largest absolute Gasteiger partial charge is 0.359 e. The summed E-state index contributed by atoms with van der Waals surface area (Å²) in [6.45, 7) is 3.20. The molecule has 0 aliphatic carbocycles. The zero-order valence-corrected chi connectivity index (χ0v) is 21.9. The average molecular weight is 575 g/mol. The first kappa shape index (κ1) is 28.2. The molecule has 0 radical (unpaired) electrons. The molecule has 2 N–H and O–H groups in total. The number of halogens is 1. The van der Waals surface area contributed by atoms with Crippen LogP contribution < -0.4 is 14.9 Å². The second kappa shape index (κ2) is 11.5. The molecule has 4 aromatic rings. The average Bonchev–Trinajstić information content (AvgIpc) is 3.52. The fourth-order valence-corrected chi connectivity index (χ4v) is 5.02. The number of rotatable bonds is 11. The number of nitro benzene ring substituents is 1. The number of nitro groups is 1. The lowest BCUT2D eigenvalue weighted by Gasteiger charge is -2.21. The summed E-state index contributed by atoms with van der Waals surface area (Å²) in [5.41, 5.74) is 0.734. The molecule has 210 valence electrons. The van der Waals surface area contributed by atoms with E-state index in [1.807, 2.05) is 0 Å². The minimum absolute atomic E-state index is 0.0356. The summed E-state index contributed by atoms with van der Waals surface area (Å²) in [4.78, 5) is 23.2. The van der Waals surface area contributed by atoms with Crippen molar-refractivity contribution in [2.75, 3.05) is 0 Å². The molecule has 1 amide bonds. The number of hydrogen-bond acceptors (Lipinski definition) is 10. The topological polar surface area (TPSA) is 202 Å². The van der Waals surface area contributed by atoms with Gasteiger partial charge in [0, 0.05) is 22.9 Å². The minimum atomic E-state index is -4.10. The van der Waals surface area contributed by atoms with Crippen molar-refractivity contribution in [1.29, 1.82) is 0 Å². The van der Waals surface area contributed by atoms with Gasteiger partial charge in [-0.05, 0) is 47.2 Å². The van der Waals surface area contributed by atoms with Crippen molar-refractivity contribution < 1.29 is 32.1 Å². The lowest BCUT2D eigenvalue weighted by Crippen LogP contribution is -2.49. The maximum atomic E-state index is 13.2. The number of aromatic nitrogens is 5. The first-order valence-electron chi connectivity index (χ1n) is 11.7. The molecule has 1 atom stereocenters. The van der Waals surface area contributed by atoms with Crippen LogP contribution in [0.5, 0.6) is 0 Å². The number of sulfonamides is 1. The number of hydrogen-bond donors (Lipinski definition) is 2. The number of carbonyl (C=O) groups is 1. The van der Waals surface area contributed by atoms with Crippen molar-refractivity contribution in [3.63, 3.8) is 0 Å². The van der Waals surface area contributed by atoms with Gasteiger partial charge in [0.15, 0.2) is 0 Å². The van der Waals surface area contributed by atoms with Crippen LogP contribution in [0.4, 0.5) is 10.1 Å². The molecule has 0 aliphatic heterocycles. The van der Waals surface area contributed by atoms with Gasteiger partial charge < -0.3 is 10.5 Å². The Balaban J connectivity index is 1.41. The molecule has 0 aliphatic rings. The molecular weight excluding hydrogens is 551 g/mol. The van der Waals surface area contributed by atoms with Crippen LogP contribution >= 0.6 is 0 Å². The van der Waals surface area contributed by atoms with Crippen LogP contribution in [-0.4, -0.2) is 45.4 Å². The monoisotopic (exact) mass is 574 g/mol. The Bertz CT molecular complexity index is 1620. The smallest absolute Gasteiger partial charge is 0.269 e.